The van der Waals surface area contributed by atoms with Crippen molar-refractivity contribution in [2.75, 3.05) is 24.9 Å². The molecule has 1 heterocycles. The largest absolute Gasteiger partial charge is 0.496 e. The Bertz CT molecular complexity index is 790. The molecule has 3 rings (SSSR count). The summed E-state index contributed by atoms with van der Waals surface area (Å²) in [6, 6.07) is 15.6. The zero-order valence-electron chi connectivity index (χ0n) is 14.8. The lowest BCUT2D eigenvalue weighted by atomic mass is 10.2. The van der Waals surface area contributed by atoms with Crippen molar-refractivity contribution in [2.24, 2.45) is 0 Å². The zero-order valence-corrected chi connectivity index (χ0v) is 14.8. The van der Waals surface area contributed by atoms with E-state index in [0.29, 0.717) is 24.9 Å². The monoisotopic (exact) mass is 351 g/mol. The molecule has 0 unspecified atom stereocenters. The Kier molecular flexibility index (Phi) is 5.82. The summed E-state index contributed by atoms with van der Waals surface area (Å²) in [5, 5.41) is 14.4. The van der Waals surface area contributed by atoms with Crippen molar-refractivity contribution in [2.45, 2.75) is 13.1 Å². The standard InChI is InChI=1S/C19H21N5O2/c1-25-16-9-5-3-7-14(16)11-20-18-13-22-24-19(23-18)21-12-15-8-4-6-10-17(15)26-2/h3-10,13H,11-12H2,1-2H3,(H2,20,21,23,24). The van der Waals surface area contributed by atoms with Gasteiger partial charge in [-0.2, -0.15) is 10.1 Å². The SMILES string of the molecule is COc1ccccc1CNc1cnnc(NCc2ccccc2OC)n1. The fraction of sp³-hybridized carbons (Fsp3) is 0.211. The number of hydrogen-bond donors (Lipinski definition) is 2. The Morgan fingerprint density at radius 1 is 0.808 bits per heavy atom. The van der Waals surface area contributed by atoms with E-state index < -0.39 is 0 Å². The van der Waals surface area contributed by atoms with Gasteiger partial charge < -0.3 is 20.1 Å². The van der Waals surface area contributed by atoms with Crippen molar-refractivity contribution >= 4 is 11.8 Å². The van der Waals surface area contributed by atoms with Gasteiger partial charge in [0.05, 0.1) is 20.4 Å². The molecule has 0 radical (unpaired) electrons. The van der Waals surface area contributed by atoms with Crippen LogP contribution in [0.2, 0.25) is 0 Å². The molecule has 26 heavy (non-hydrogen) atoms. The number of nitrogens with one attached hydrogen (secondary N) is 2. The molecule has 3 aromatic rings. The molecule has 0 aliphatic heterocycles. The van der Waals surface area contributed by atoms with Crippen molar-refractivity contribution in [3.8, 4) is 11.5 Å². The van der Waals surface area contributed by atoms with Gasteiger partial charge in [0, 0.05) is 24.2 Å². The first-order chi connectivity index (χ1) is 12.8. The minimum absolute atomic E-state index is 0.445. The molecule has 0 aliphatic rings. The summed E-state index contributed by atoms with van der Waals surface area (Å²) in [5.41, 5.74) is 2.06. The van der Waals surface area contributed by atoms with Gasteiger partial charge in [0.2, 0.25) is 5.95 Å². The quantitative estimate of drug-likeness (QED) is 0.645. The van der Waals surface area contributed by atoms with Crippen LogP contribution in [0.1, 0.15) is 11.1 Å². The van der Waals surface area contributed by atoms with E-state index in [9.17, 15) is 0 Å². The van der Waals surface area contributed by atoms with Crippen LogP contribution < -0.4 is 20.1 Å². The Morgan fingerprint density at radius 3 is 2.00 bits per heavy atom. The van der Waals surface area contributed by atoms with Gasteiger partial charge >= 0.3 is 0 Å². The summed E-state index contributed by atoms with van der Waals surface area (Å²) in [6.45, 7) is 1.12. The summed E-state index contributed by atoms with van der Waals surface area (Å²) < 4.78 is 10.7. The predicted octanol–water partition coefficient (Wildman–Crippen LogP) is 3.11. The Balaban J connectivity index is 1.63. The van der Waals surface area contributed by atoms with Crippen LogP contribution >= 0.6 is 0 Å². The van der Waals surface area contributed by atoms with Gasteiger partial charge in [0.15, 0.2) is 5.82 Å². The van der Waals surface area contributed by atoms with Gasteiger partial charge in [-0.3, -0.25) is 0 Å². The predicted molar refractivity (Wildman–Crippen MR) is 100 cm³/mol. The second-order valence-corrected chi connectivity index (χ2v) is 5.50. The molecule has 7 nitrogen and oxygen atoms in total. The first kappa shape index (κ1) is 17.5. The van der Waals surface area contributed by atoms with Gasteiger partial charge in [-0.05, 0) is 12.1 Å². The lowest BCUT2D eigenvalue weighted by Crippen LogP contribution is -2.09. The third kappa shape index (κ3) is 4.38. The van der Waals surface area contributed by atoms with E-state index in [0.717, 1.165) is 22.6 Å². The van der Waals surface area contributed by atoms with Crippen LogP contribution in [0.25, 0.3) is 0 Å². The summed E-state index contributed by atoms with van der Waals surface area (Å²) in [7, 11) is 3.31. The lowest BCUT2D eigenvalue weighted by Gasteiger charge is -2.11. The summed E-state index contributed by atoms with van der Waals surface area (Å²) in [6.07, 6.45) is 1.59. The van der Waals surface area contributed by atoms with E-state index in [4.69, 9.17) is 9.47 Å². The van der Waals surface area contributed by atoms with Crippen LogP contribution in [0.5, 0.6) is 11.5 Å². The smallest absolute Gasteiger partial charge is 0.244 e. The topological polar surface area (TPSA) is 81.2 Å². The summed E-state index contributed by atoms with van der Waals surface area (Å²) >= 11 is 0. The van der Waals surface area contributed by atoms with Crippen LogP contribution in [0.15, 0.2) is 54.7 Å². The summed E-state index contributed by atoms with van der Waals surface area (Å²) in [4.78, 5) is 4.44. The number of para-hydroxylation sites is 2. The van der Waals surface area contributed by atoms with Gasteiger partial charge in [-0.1, -0.05) is 36.4 Å². The normalized spacial score (nSPS) is 10.2. The number of rotatable bonds is 8. The summed E-state index contributed by atoms with van der Waals surface area (Å²) in [5.74, 6) is 2.73. The minimum atomic E-state index is 0.445. The van der Waals surface area contributed by atoms with Crippen molar-refractivity contribution in [1.29, 1.82) is 0 Å². The number of nitrogens with zero attached hydrogens (tertiary/aromatic N) is 3. The molecule has 1 aromatic heterocycles. The first-order valence-corrected chi connectivity index (χ1v) is 8.21. The minimum Gasteiger partial charge on any atom is -0.496 e. The van der Waals surface area contributed by atoms with E-state index in [2.05, 4.69) is 25.8 Å². The van der Waals surface area contributed by atoms with Crippen molar-refractivity contribution in [3.05, 3.63) is 65.9 Å². The average Bonchev–Trinajstić information content (AvgIpc) is 2.71. The molecule has 0 saturated heterocycles. The number of methoxy groups -OCH3 is 2. The molecule has 2 N–H and O–H groups in total. The highest BCUT2D eigenvalue weighted by atomic mass is 16.5. The van der Waals surface area contributed by atoms with Crippen LogP contribution in [0.3, 0.4) is 0 Å². The van der Waals surface area contributed by atoms with Crippen LogP contribution in [0.4, 0.5) is 11.8 Å². The molecule has 134 valence electrons. The van der Waals surface area contributed by atoms with Gasteiger partial charge in [0.25, 0.3) is 0 Å². The second kappa shape index (κ2) is 8.66. The van der Waals surface area contributed by atoms with E-state index >= 15 is 0 Å². The van der Waals surface area contributed by atoms with Crippen LogP contribution in [0, 0.1) is 0 Å². The van der Waals surface area contributed by atoms with E-state index in [1.807, 2.05) is 48.5 Å². The van der Waals surface area contributed by atoms with Crippen LogP contribution in [-0.4, -0.2) is 29.4 Å². The number of hydrogen-bond acceptors (Lipinski definition) is 7. The maximum Gasteiger partial charge on any atom is 0.244 e. The Morgan fingerprint density at radius 2 is 1.38 bits per heavy atom. The number of ether oxygens (including phenoxy) is 2. The average molecular weight is 351 g/mol. The molecule has 0 saturated carbocycles. The lowest BCUT2D eigenvalue weighted by molar-refractivity contribution is 0.410. The van der Waals surface area contributed by atoms with E-state index in [1.165, 1.54) is 0 Å². The molecule has 0 spiro atoms. The fourth-order valence-corrected chi connectivity index (χ4v) is 2.52. The highest BCUT2D eigenvalue weighted by molar-refractivity contribution is 5.42. The van der Waals surface area contributed by atoms with Gasteiger partial charge in [-0.25, -0.2) is 0 Å². The highest BCUT2D eigenvalue weighted by Crippen LogP contribution is 2.19. The number of anilines is 2. The molecular weight excluding hydrogens is 330 g/mol. The molecule has 0 atom stereocenters. The second-order valence-electron chi connectivity index (χ2n) is 5.50. The Labute approximate surface area is 152 Å². The Hall–Kier alpha value is -3.35. The maximum absolute atomic E-state index is 5.35. The number of aromatic nitrogens is 3. The fourth-order valence-electron chi connectivity index (χ4n) is 2.52. The maximum atomic E-state index is 5.35. The van der Waals surface area contributed by atoms with Crippen molar-refractivity contribution in [3.63, 3.8) is 0 Å². The molecular formula is C19H21N5O2. The van der Waals surface area contributed by atoms with Crippen molar-refractivity contribution in [1.82, 2.24) is 15.2 Å². The molecule has 0 fully saturated rings. The zero-order chi connectivity index (χ0) is 18.2. The van der Waals surface area contributed by atoms with Crippen LogP contribution in [-0.2, 0) is 13.1 Å². The highest BCUT2D eigenvalue weighted by Gasteiger charge is 2.06. The number of benzene rings is 2. The molecule has 0 amide bonds. The van der Waals surface area contributed by atoms with Gasteiger partial charge in [-0.15, -0.1) is 5.10 Å². The first-order valence-electron chi connectivity index (χ1n) is 8.21. The van der Waals surface area contributed by atoms with E-state index in [1.54, 1.807) is 20.4 Å². The van der Waals surface area contributed by atoms with Gasteiger partial charge in [0.1, 0.15) is 11.5 Å². The molecule has 2 aromatic carbocycles. The molecule has 7 heteroatoms. The third-order valence-corrected chi connectivity index (χ3v) is 3.84. The van der Waals surface area contributed by atoms with Crippen molar-refractivity contribution < 1.29 is 9.47 Å². The third-order valence-electron chi connectivity index (χ3n) is 3.84. The van der Waals surface area contributed by atoms with E-state index in [-0.39, 0.29) is 0 Å². The molecule has 0 aliphatic carbocycles. The molecule has 0 bridgehead atoms.